The molecule has 0 aliphatic rings. The zero-order chi connectivity index (χ0) is 19.4. The van der Waals surface area contributed by atoms with Crippen LogP contribution >= 0.6 is 11.6 Å². The standard InChI is InChI=1S/C21H21ClN4O/c1-4-15-7-5-6-14(3)19(15)26-21-23-11-16(12-24-21)20(27)25-18-10-17(22)9-8-13(18)2/h5-12H,4H2,1-3H3,(H,25,27)(H,23,24,26). The molecule has 1 heterocycles. The molecule has 1 amide bonds. The minimum atomic E-state index is -0.281. The number of benzene rings is 2. The molecule has 138 valence electrons. The van der Waals surface area contributed by atoms with Crippen molar-refractivity contribution in [3.63, 3.8) is 0 Å². The number of aryl methyl sites for hydroxylation is 3. The van der Waals surface area contributed by atoms with Gasteiger partial charge in [0, 0.05) is 28.8 Å². The number of carbonyl (C=O) groups is 1. The maximum Gasteiger partial charge on any atom is 0.258 e. The van der Waals surface area contributed by atoms with Crippen LogP contribution in [0.1, 0.15) is 34.0 Å². The van der Waals surface area contributed by atoms with E-state index in [0.29, 0.717) is 22.2 Å². The first-order chi connectivity index (χ1) is 13.0. The van der Waals surface area contributed by atoms with Crippen molar-refractivity contribution in [1.29, 1.82) is 0 Å². The normalized spacial score (nSPS) is 10.5. The van der Waals surface area contributed by atoms with Crippen LogP contribution in [0.5, 0.6) is 0 Å². The lowest BCUT2D eigenvalue weighted by Crippen LogP contribution is -2.14. The van der Waals surface area contributed by atoms with Crippen LogP contribution in [-0.4, -0.2) is 15.9 Å². The number of hydrogen-bond acceptors (Lipinski definition) is 4. The van der Waals surface area contributed by atoms with E-state index in [1.165, 1.54) is 18.0 Å². The molecule has 6 heteroatoms. The van der Waals surface area contributed by atoms with E-state index in [1.807, 2.05) is 32.0 Å². The number of para-hydroxylation sites is 1. The fraction of sp³-hybridized carbons (Fsp3) is 0.190. The van der Waals surface area contributed by atoms with Gasteiger partial charge in [-0.05, 0) is 49.1 Å². The minimum Gasteiger partial charge on any atom is -0.324 e. The summed E-state index contributed by atoms with van der Waals surface area (Å²) >= 11 is 6.00. The molecule has 2 N–H and O–H groups in total. The molecule has 0 saturated heterocycles. The van der Waals surface area contributed by atoms with E-state index in [9.17, 15) is 4.79 Å². The van der Waals surface area contributed by atoms with Crippen LogP contribution in [0.3, 0.4) is 0 Å². The van der Waals surface area contributed by atoms with Gasteiger partial charge in [0.1, 0.15) is 0 Å². The summed E-state index contributed by atoms with van der Waals surface area (Å²) in [4.78, 5) is 21.0. The quantitative estimate of drug-likeness (QED) is 0.629. The van der Waals surface area contributed by atoms with Crippen LogP contribution in [0, 0.1) is 13.8 Å². The molecule has 0 aliphatic carbocycles. The summed E-state index contributed by atoms with van der Waals surface area (Å²) in [5.41, 5.74) is 5.29. The van der Waals surface area contributed by atoms with Crippen LogP contribution in [0.2, 0.25) is 5.02 Å². The van der Waals surface area contributed by atoms with E-state index in [0.717, 1.165) is 23.2 Å². The first kappa shape index (κ1) is 18.9. The average molecular weight is 381 g/mol. The zero-order valence-electron chi connectivity index (χ0n) is 15.5. The van der Waals surface area contributed by atoms with E-state index in [2.05, 4.69) is 33.6 Å². The highest BCUT2D eigenvalue weighted by molar-refractivity contribution is 6.31. The number of carbonyl (C=O) groups excluding carboxylic acids is 1. The Morgan fingerprint density at radius 1 is 1.07 bits per heavy atom. The summed E-state index contributed by atoms with van der Waals surface area (Å²) in [6, 6.07) is 11.5. The van der Waals surface area contributed by atoms with Crippen molar-refractivity contribution in [1.82, 2.24) is 9.97 Å². The Kier molecular flexibility index (Phi) is 5.72. The monoisotopic (exact) mass is 380 g/mol. The molecule has 1 aromatic heterocycles. The molecule has 3 aromatic rings. The maximum absolute atomic E-state index is 12.4. The third-order valence-electron chi connectivity index (χ3n) is 4.34. The zero-order valence-corrected chi connectivity index (χ0v) is 16.3. The van der Waals surface area contributed by atoms with Crippen LogP contribution in [0.4, 0.5) is 17.3 Å². The average Bonchev–Trinajstić information content (AvgIpc) is 2.67. The maximum atomic E-state index is 12.4. The number of hydrogen-bond donors (Lipinski definition) is 2. The fourth-order valence-electron chi connectivity index (χ4n) is 2.75. The van der Waals surface area contributed by atoms with Crippen LogP contribution in [-0.2, 0) is 6.42 Å². The van der Waals surface area contributed by atoms with Gasteiger partial charge in [-0.25, -0.2) is 9.97 Å². The molecule has 27 heavy (non-hydrogen) atoms. The third-order valence-corrected chi connectivity index (χ3v) is 4.57. The summed E-state index contributed by atoms with van der Waals surface area (Å²) in [6.07, 6.45) is 3.92. The van der Waals surface area contributed by atoms with E-state index in [-0.39, 0.29) is 5.91 Å². The Morgan fingerprint density at radius 2 is 1.81 bits per heavy atom. The predicted molar refractivity (Wildman–Crippen MR) is 110 cm³/mol. The lowest BCUT2D eigenvalue weighted by molar-refractivity contribution is 0.102. The van der Waals surface area contributed by atoms with Gasteiger partial charge in [-0.3, -0.25) is 4.79 Å². The summed E-state index contributed by atoms with van der Waals surface area (Å²) in [5, 5.41) is 6.66. The third kappa shape index (κ3) is 4.44. The fourth-order valence-corrected chi connectivity index (χ4v) is 2.92. The van der Waals surface area contributed by atoms with Crippen molar-refractivity contribution < 1.29 is 4.79 Å². The van der Waals surface area contributed by atoms with Gasteiger partial charge in [0.25, 0.3) is 5.91 Å². The molecule has 0 spiro atoms. The summed E-state index contributed by atoms with van der Waals surface area (Å²) < 4.78 is 0. The summed E-state index contributed by atoms with van der Waals surface area (Å²) in [7, 11) is 0. The Bertz CT molecular complexity index is 970. The van der Waals surface area contributed by atoms with E-state index in [1.54, 1.807) is 12.1 Å². The van der Waals surface area contributed by atoms with E-state index in [4.69, 9.17) is 11.6 Å². The van der Waals surface area contributed by atoms with Crippen molar-refractivity contribution in [2.75, 3.05) is 10.6 Å². The molecule has 0 aliphatic heterocycles. The molecule has 0 bridgehead atoms. The molecule has 0 saturated carbocycles. The number of nitrogens with zero attached hydrogens (tertiary/aromatic N) is 2. The van der Waals surface area contributed by atoms with Crippen molar-refractivity contribution >= 4 is 34.8 Å². The lowest BCUT2D eigenvalue weighted by Gasteiger charge is -2.13. The van der Waals surface area contributed by atoms with Gasteiger partial charge in [-0.2, -0.15) is 0 Å². The van der Waals surface area contributed by atoms with Crippen LogP contribution in [0.15, 0.2) is 48.8 Å². The molecule has 2 aromatic carbocycles. The molecule has 0 unspecified atom stereocenters. The van der Waals surface area contributed by atoms with Crippen molar-refractivity contribution in [3.05, 3.63) is 76.1 Å². The van der Waals surface area contributed by atoms with Gasteiger partial charge in [0.2, 0.25) is 5.95 Å². The first-order valence-corrected chi connectivity index (χ1v) is 9.10. The Balaban J connectivity index is 1.76. The van der Waals surface area contributed by atoms with Gasteiger partial charge in [0.15, 0.2) is 0 Å². The topological polar surface area (TPSA) is 66.9 Å². The smallest absolute Gasteiger partial charge is 0.258 e. The Hall–Kier alpha value is -2.92. The molecule has 0 fully saturated rings. The van der Waals surface area contributed by atoms with Crippen molar-refractivity contribution in [2.24, 2.45) is 0 Å². The minimum absolute atomic E-state index is 0.281. The van der Waals surface area contributed by atoms with Gasteiger partial charge in [0.05, 0.1) is 5.56 Å². The first-order valence-electron chi connectivity index (χ1n) is 8.73. The van der Waals surface area contributed by atoms with Gasteiger partial charge in [-0.1, -0.05) is 42.8 Å². The molecule has 0 radical (unpaired) electrons. The van der Waals surface area contributed by atoms with Gasteiger partial charge < -0.3 is 10.6 Å². The number of halogens is 1. The second kappa shape index (κ2) is 8.18. The Labute approximate surface area is 163 Å². The van der Waals surface area contributed by atoms with Crippen LogP contribution in [0.25, 0.3) is 0 Å². The van der Waals surface area contributed by atoms with Crippen molar-refractivity contribution in [2.45, 2.75) is 27.2 Å². The number of rotatable bonds is 5. The number of amides is 1. The molecular formula is C21H21ClN4O. The van der Waals surface area contributed by atoms with E-state index >= 15 is 0 Å². The van der Waals surface area contributed by atoms with Crippen molar-refractivity contribution in [3.8, 4) is 0 Å². The summed E-state index contributed by atoms with van der Waals surface area (Å²) in [6.45, 7) is 6.05. The summed E-state index contributed by atoms with van der Waals surface area (Å²) in [5.74, 6) is 0.173. The van der Waals surface area contributed by atoms with Gasteiger partial charge in [-0.15, -0.1) is 0 Å². The molecule has 3 rings (SSSR count). The largest absolute Gasteiger partial charge is 0.324 e. The molecular weight excluding hydrogens is 360 g/mol. The molecule has 0 atom stereocenters. The lowest BCUT2D eigenvalue weighted by atomic mass is 10.1. The Morgan fingerprint density at radius 3 is 2.52 bits per heavy atom. The SMILES string of the molecule is CCc1cccc(C)c1Nc1ncc(C(=O)Nc2cc(Cl)ccc2C)cn1. The second-order valence-corrected chi connectivity index (χ2v) is 6.73. The van der Waals surface area contributed by atoms with E-state index < -0.39 is 0 Å². The van der Waals surface area contributed by atoms with Crippen LogP contribution < -0.4 is 10.6 Å². The number of anilines is 3. The van der Waals surface area contributed by atoms with Gasteiger partial charge >= 0.3 is 0 Å². The molecule has 5 nitrogen and oxygen atoms in total. The highest BCUT2D eigenvalue weighted by Gasteiger charge is 2.11. The second-order valence-electron chi connectivity index (χ2n) is 6.30. The highest BCUT2D eigenvalue weighted by atomic mass is 35.5. The highest BCUT2D eigenvalue weighted by Crippen LogP contribution is 2.24. The number of nitrogens with one attached hydrogen (secondary N) is 2. The predicted octanol–water partition coefficient (Wildman–Crippen LogP) is 5.31. The number of aromatic nitrogens is 2.